The number of hydrogen-bond acceptors (Lipinski definition) is 8. The molecule has 0 bridgehead atoms. The molecule has 0 fully saturated rings. The van der Waals surface area contributed by atoms with Gasteiger partial charge in [0.25, 0.3) is 7.82 Å². The van der Waals surface area contributed by atoms with Crippen molar-refractivity contribution in [3.63, 3.8) is 0 Å². The Labute approximate surface area is 428 Å². The van der Waals surface area contributed by atoms with Crippen LogP contribution in [0, 0.1) is 0 Å². The maximum absolute atomic E-state index is 12.7. The molecule has 0 aliphatic rings. The van der Waals surface area contributed by atoms with E-state index in [4.69, 9.17) is 18.5 Å². The van der Waals surface area contributed by atoms with Gasteiger partial charge >= 0.3 is 11.9 Å². The number of ether oxygens (including phenoxy) is 2. The van der Waals surface area contributed by atoms with Crippen molar-refractivity contribution in [3.8, 4) is 0 Å². The molecule has 0 saturated carbocycles. The largest absolute Gasteiger partial charge is 0.756 e. The third-order valence-corrected chi connectivity index (χ3v) is 11.6. The molecule has 0 heterocycles. The zero-order valence-corrected chi connectivity index (χ0v) is 45.5. The van der Waals surface area contributed by atoms with Gasteiger partial charge in [0, 0.05) is 12.8 Å². The maximum Gasteiger partial charge on any atom is 0.306 e. The molecular weight excluding hydrogens is 894 g/mol. The van der Waals surface area contributed by atoms with Crippen LogP contribution in [0.3, 0.4) is 0 Å². The lowest BCUT2D eigenvalue weighted by atomic mass is 10.1. The van der Waals surface area contributed by atoms with Gasteiger partial charge in [-0.15, -0.1) is 0 Å². The number of allylic oxidation sites excluding steroid dienone is 22. The van der Waals surface area contributed by atoms with Crippen molar-refractivity contribution in [2.45, 2.75) is 187 Å². The second-order valence-electron chi connectivity index (χ2n) is 18.5. The molecule has 0 aromatic heterocycles. The molecule has 0 aromatic carbocycles. The smallest absolute Gasteiger partial charge is 0.306 e. The van der Waals surface area contributed by atoms with Crippen molar-refractivity contribution in [2.24, 2.45) is 0 Å². The predicted octanol–water partition coefficient (Wildman–Crippen LogP) is 15.9. The van der Waals surface area contributed by atoms with Crippen LogP contribution in [-0.2, 0) is 32.7 Å². The number of rotatable bonds is 47. The molecule has 0 aliphatic carbocycles. The van der Waals surface area contributed by atoms with E-state index in [1.54, 1.807) is 0 Å². The van der Waals surface area contributed by atoms with Gasteiger partial charge in [-0.25, -0.2) is 0 Å². The van der Waals surface area contributed by atoms with Crippen LogP contribution in [0.25, 0.3) is 0 Å². The summed E-state index contributed by atoms with van der Waals surface area (Å²) in [5.74, 6) is -0.872. The Morgan fingerprint density at radius 2 is 0.814 bits per heavy atom. The third kappa shape index (κ3) is 53.5. The molecule has 0 aromatic rings. The van der Waals surface area contributed by atoms with Gasteiger partial charge < -0.3 is 27.9 Å². The second-order valence-corrected chi connectivity index (χ2v) is 19.9. The molecule has 0 spiro atoms. The molecule has 0 amide bonds. The van der Waals surface area contributed by atoms with E-state index < -0.39 is 32.5 Å². The fraction of sp³-hybridized carbons (Fsp3) is 0.600. The van der Waals surface area contributed by atoms with E-state index in [1.807, 2.05) is 21.1 Å². The fourth-order valence-electron chi connectivity index (χ4n) is 6.54. The van der Waals surface area contributed by atoms with Crippen molar-refractivity contribution in [3.05, 3.63) is 134 Å². The number of hydrogen-bond donors (Lipinski definition) is 0. The molecule has 0 N–H and O–H groups in total. The maximum atomic E-state index is 12.7. The van der Waals surface area contributed by atoms with Crippen LogP contribution in [0.4, 0.5) is 0 Å². The van der Waals surface area contributed by atoms with Crippen molar-refractivity contribution < 1.29 is 42.1 Å². The van der Waals surface area contributed by atoms with Gasteiger partial charge in [-0.1, -0.05) is 205 Å². The molecule has 396 valence electrons. The minimum Gasteiger partial charge on any atom is -0.756 e. The average molecular weight is 992 g/mol. The van der Waals surface area contributed by atoms with Crippen LogP contribution in [-0.4, -0.2) is 70.0 Å². The third-order valence-electron chi connectivity index (χ3n) is 10.7. The van der Waals surface area contributed by atoms with Gasteiger partial charge in [0.1, 0.15) is 19.8 Å². The standard InChI is InChI=1S/C60H98NO8P/c1-6-8-10-12-13-14-15-16-17-18-19-20-21-22-23-24-25-26-27-28-29-30-31-32-33-34-35-36-37-38-39-40-41-42-43-44-45-46-47-49-51-53-60(63)69-58(56-66-59(62)52-50-48-11-9-7-2)57-68-70(64,65)67-55-54-61(3,4)5/h8,10,13-14,16-17,19-20,22-23,25-26,28-29,31-32,34-35,37-38,40-41,58H,6-7,9,11-12,15,18,21,24,27,30,33,36,39,42-57H2,1-5H3/b10-8-,14-13-,17-16-,20-19-,23-22-,26-25-,29-28-,32-31-,35-34-,38-37-,41-40-. The summed E-state index contributed by atoms with van der Waals surface area (Å²) in [6.45, 7) is 3.97. The zero-order valence-electron chi connectivity index (χ0n) is 44.7. The summed E-state index contributed by atoms with van der Waals surface area (Å²) in [4.78, 5) is 37.3. The summed E-state index contributed by atoms with van der Waals surface area (Å²) in [7, 11) is 1.14. The topological polar surface area (TPSA) is 111 Å². The first-order chi connectivity index (χ1) is 34.0. The molecule has 2 atom stereocenters. The van der Waals surface area contributed by atoms with E-state index in [2.05, 4.69) is 148 Å². The normalized spacial score (nSPS) is 14.4. The number of quaternary nitrogens is 1. The van der Waals surface area contributed by atoms with Crippen molar-refractivity contribution in [1.29, 1.82) is 0 Å². The highest BCUT2D eigenvalue weighted by atomic mass is 31.2. The Hall–Kier alpha value is -3.85. The molecule has 0 radical (unpaired) electrons. The Morgan fingerprint density at radius 1 is 0.457 bits per heavy atom. The van der Waals surface area contributed by atoms with E-state index in [0.29, 0.717) is 17.4 Å². The van der Waals surface area contributed by atoms with E-state index in [0.717, 1.165) is 135 Å². The summed E-state index contributed by atoms with van der Waals surface area (Å²) >= 11 is 0. The Balaban J connectivity index is 4.00. The molecule has 0 aliphatic heterocycles. The van der Waals surface area contributed by atoms with Crippen LogP contribution in [0.2, 0.25) is 0 Å². The highest BCUT2D eigenvalue weighted by Crippen LogP contribution is 2.38. The molecule has 0 rings (SSSR count). The SMILES string of the molecule is CC/C=C\C/C=C\C/C=C\C/C=C\C/C=C\C/C=C\C/C=C\C/C=C\C/C=C\C/C=C\C/C=C\CCCCCCCCCC(=O)OC(COC(=O)CCCCCCC)COP(=O)([O-])OCC[N+](C)(C)C. The van der Waals surface area contributed by atoms with Crippen LogP contribution < -0.4 is 4.89 Å². The van der Waals surface area contributed by atoms with Crippen LogP contribution >= 0.6 is 7.82 Å². The van der Waals surface area contributed by atoms with Crippen LogP contribution in [0.1, 0.15) is 181 Å². The molecule has 0 saturated heterocycles. The minimum atomic E-state index is -4.63. The molecular formula is C60H98NO8P. The Kier molecular flexibility index (Phi) is 47.3. The number of unbranched alkanes of at least 4 members (excludes halogenated alkanes) is 11. The summed E-state index contributed by atoms with van der Waals surface area (Å²) < 4.78 is 33.7. The zero-order chi connectivity index (χ0) is 51.3. The summed E-state index contributed by atoms with van der Waals surface area (Å²) in [6.07, 6.45) is 72.8. The predicted molar refractivity (Wildman–Crippen MR) is 295 cm³/mol. The number of carbonyl (C=O) groups is 2. The monoisotopic (exact) mass is 992 g/mol. The van der Waals surface area contributed by atoms with E-state index in [9.17, 15) is 19.0 Å². The Morgan fingerprint density at radius 3 is 1.21 bits per heavy atom. The van der Waals surface area contributed by atoms with Gasteiger partial charge in [0.2, 0.25) is 0 Å². The molecule has 2 unspecified atom stereocenters. The first-order valence-corrected chi connectivity index (χ1v) is 28.4. The summed E-state index contributed by atoms with van der Waals surface area (Å²) in [5.41, 5.74) is 0. The summed E-state index contributed by atoms with van der Waals surface area (Å²) in [5, 5.41) is 0. The number of nitrogens with zero attached hydrogens (tertiary/aromatic N) is 1. The number of phosphoric acid groups is 1. The van der Waals surface area contributed by atoms with Gasteiger partial charge in [-0.2, -0.15) is 0 Å². The van der Waals surface area contributed by atoms with Gasteiger partial charge in [0.05, 0.1) is 27.7 Å². The Bertz CT molecular complexity index is 1640. The lowest BCUT2D eigenvalue weighted by Crippen LogP contribution is -2.37. The quantitative estimate of drug-likeness (QED) is 0.0195. The minimum absolute atomic E-state index is 0.0391. The molecule has 10 heteroatoms. The number of carbonyl (C=O) groups excluding carboxylic acids is 2. The lowest BCUT2D eigenvalue weighted by Gasteiger charge is -2.28. The first kappa shape index (κ1) is 66.2. The lowest BCUT2D eigenvalue weighted by molar-refractivity contribution is -0.870. The average Bonchev–Trinajstić information content (AvgIpc) is 3.32. The molecule has 9 nitrogen and oxygen atoms in total. The van der Waals surface area contributed by atoms with Crippen LogP contribution in [0.5, 0.6) is 0 Å². The van der Waals surface area contributed by atoms with Gasteiger partial charge in [0.15, 0.2) is 6.10 Å². The van der Waals surface area contributed by atoms with E-state index in [1.165, 1.54) is 12.8 Å². The van der Waals surface area contributed by atoms with Gasteiger partial charge in [-0.05, 0) is 96.3 Å². The van der Waals surface area contributed by atoms with Crippen molar-refractivity contribution in [1.82, 2.24) is 0 Å². The fourth-order valence-corrected chi connectivity index (χ4v) is 7.27. The number of likely N-dealkylation sites (N-methyl/N-ethyl adjacent to an activating group) is 1. The molecule has 70 heavy (non-hydrogen) atoms. The van der Waals surface area contributed by atoms with Crippen LogP contribution in [0.15, 0.2) is 134 Å². The first-order valence-electron chi connectivity index (χ1n) is 26.9. The van der Waals surface area contributed by atoms with E-state index in [-0.39, 0.29) is 26.1 Å². The van der Waals surface area contributed by atoms with Crippen molar-refractivity contribution in [2.75, 3.05) is 47.5 Å². The second kappa shape index (κ2) is 50.1. The number of phosphoric ester groups is 1. The number of esters is 2. The summed E-state index contributed by atoms with van der Waals surface area (Å²) in [6, 6.07) is 0. The highest BCUT2D eigenvalue weighted by molar-refractivity contribution is 7.45. The van der Waals surface area contributed by atoms with Crippen molar-refractivity contribution >= 4 is 19.8 Å². The highest BCUT2D eigenvalue weighted by Gasteiger charge is 2.21. The van der Waals surface area contributed by atoms with E-state index >= 15 is 0 Å². The van der Waals surface area contributed by atoms with Gasteiger partial charge in [-0.3, -0.25) is 14.2 Å².